The van der Waals surface area contributed by atoms with Crippen molar-refractivity contribution in [3.05, 3.63) is 0 Å². The molecule has 0 radical (unpaired) electrons. The van der Waals surface area contributed by atoms with Gasteiger partial charge < -0.3 is 9.47 Å². The summed E-state index contributed by atoms with van der Waals surface area (Å²) in [5.74, 6) is 3.83. The first kappa shape index (κ1) is 10.8. The summed E-state index contributed by atoms with van der Waals surface area (Å²) >= 11 is 0. The van der Waals surface area contributed by atoms with Gasteiger partial charge in [0.15, 0.2) is 0 Å². The van der Waals surface area contributed by atoms with Gasteiger partial charge >= 0.3 is 0 Å². The maximum atomic E-state index is 5.51. The van der Waals surface area contributed by atoms with Gasteiger partial charge in [-0.1, -0.05) is 13.8 Å². The first-order valence-electron chi connectivity index (χ1n) is 7.53. The first-order chi connectivity index (χ1) is 8.22. The molecular formula is C15H24O2. The van der Waals surface area contributed by atoms with Crippen LogP contribution in [-0.2, 0) is 9.47 Å². The lowest BCUT2D eigenvalue weighted by molar-refractivity contribution is 0.254. The van der Waals surface area contributed by atoms with Crippen molar-refractivity contribution in [2.24, 2.45) is 23.7 Å². The Morgan fingerprint density at radius 1 is 0.824 bits per heavy atom. The van der Waals surface area contributed by atoms with Gasteiger partial charge in [0, 0.05) is 0 Å². The van der Waals surface area contributed by atoms with Crippen molar-refractivity contribution in [1.82, 2.24) is 0 Å². The maximum absolute atomic E-state index is 5.51. The molecule has 2 saturated heterocycles. The Bertz CT molecular complexity index is 312. The molecule has 0 spiro atoms. The van der Waals surface area contributed by atoms with E-state index in [0.29, 0.717) is 12.2 Å². The molecule has 2 heterocycles. The fraction of sp³-hybridized carbons (Fsp3) is 1.00. The van der Waals surface area contributed by atoms with Crippen LogP contribution >= 0.6 is 0 Å². The molecule has 96 valence electrons. The van der Waals surface area contributed by atoms with Gasteiger partial charge in [-0.15, -0.1) is 0 Å². The number of fused-ring (bicyclic) bond motifs is 6. The smallest absolute Gasteiger partial charge is 0.0875 e. The van der Waals surface area contributed by atoms with Crippen molar-refractivity contribution in [1.29, 1.82) is 0 Å². The molecular weight excluding hydrogens is 212 g/mol. The average molecular weight is 236 g/mol. The zero-order valence-corrected chi connectivity index (χ0v) is 11.0. The number of hydrogen-bond acceptors (Lipinski definition) is 2. The largest absolute Gasteiger partial charge is 0.370 e. The van der Waals surface area contributed by atoms with Gasteiger partial charge in [-0.2, -0.15) is 0 Å². The minimum absolute atomic E-state index is 0.679. The summed E-state index contributed by atoms with van der Waals surface area (Å²) in [6.45, 7) is 4.69. The molecule has 2 bridgehead atoms. The zero-order chi connectivity index (χ0) is 11.6. The Labute approximate surface area is 104 Å². The Morgan fingerprint density at radius 2 is 1.71 bits per heavy atom. The van der Waals surface area contributed by atoms with E-state index in [0.717, 1.165) is 35.9 Å². The van der Waals surface area contributed by atoms with Gasteiger partial charge in [-0.05, 0) is 55.8 Å². The topological polar surface area (TPSA) is 25.1 Å². The molecule has 5 aliphatic rings. The van der Waals surface area contributed by atoms with Gasteiger partial charge in [0.05, 0.1) is 24.4 Å². The van der Waals surface area contributed by atoms with Crippen molar-refractivity contribution in [2.45, 2.75) is 70.4 Å². The third-order valence-electron chi connectivity index (χ3n) is 5.69. The van der Waals surface area contributed by atoms with Gasteiger partial charge in [-0.3, -0.25) is 0 Å². The third kappa shape index (κ3) is 1.84. The highest BCUT2D eigenvalue weighted by atomic mass is 16.6. The quantitative estimate of drug-likeness (QED) is 0.604. The van der Waals surface area contributed by atoms with E-state index < -0.39 is 0 Å². The van der Waals surface area contributed by atoms with Crippen LogP contribution in [0.1, 0.15) is 46.0 Å². The Morgan fingerprint density at radius 3 is 2.29 bits per heavy atom. The van der Waals surface area contributed by atoms with Crippen LogP contribution in [0.15, 0.2) is 0 Å². The molecule has 8 unspecified atom stereocenters. The molecule has 2 aliphatic heterocycles. The van der Waals surface area contributed by atoms with Gasteiger partial charge in [-0.25, -0.2) is 0 Å². The van der Waals surface area contributed by atoms with E-state index in [-0.39, 0.29) is 0 Å². The molecule has 0 N–H and O–H groups in total. The van der Waals surface area contributed by atoms with Gasteiger partial charge in [0.2, 0.25) is 0 Å². The second-order valence-corrected chi connectivity index (χ2v) is 7.07. The van der Waals surface area contributed by atoms with E-state index in [1.54, 1.807) is 0 Å². The number of epoxide rings is 2. The first-order valence-corrected chi connectivity index (χ1v) is 7.53. The predicted molar refractivity (Wildman–Crippen MR) is 65.7 cm³/mol. The molecule has 17 heavy (non-hydrogen) atoms. The molecule has 2 nitrogen and oxygen atoms in total. The molecule has 0 amide bonds. The van der Waals surface area contributed by atoms with Crippen LogP contribution in [0.5, 0.6) is 0 Å². The highest BCUT2D eigenvalue weighted by Crippen LogP contribution is 2.58. The van der Waals surface area contributed by atoms with Crippen molar-refractivity contribution >= 4 is 0 Å². The van der Waals surface area contributed by atoms with Crippen molar-refractivity contribution in [2.75, 3.05) is 0 Å². The lowest BCUT2D eigenvalue weighted by Crippen LogP contribution is -2.14. The van der Waals surface area contributed by atoms with E-state index in [1.807, 2.05) is 0 Å². The molecule has 3 saturated carbocycles. The predicted octanol–water partition coefficient (Wildman–Crippen LogP) is 3.00. The number of ether oxygens (including phenoxy) is 2. The second-order valence-electron chi connectivity index (χ2n) is 7.07. The highest BCUT2D eigenvalue weighted by Gasteiger charge is 2.61. The minimum Gasteiger partial charge on any atom is -0.370 e. The van der Waals surface area contributed by atoms with E-state index in [9.17, 15) is 0 Å². The van der Waals surface area contributed by atoms with Crippen molar-refractivity contribution in [3.8, 4) is 0 Å². The lowest BCUT2D eigenvalue weighted by atomic mass is 9.91. The molecule has 5 rings (SSSR count). The molecule has 0 aromatic rings. The SMILES string of the molecule is CC1CC2CC1C1OC21.CC1CCC2OC2C1. The Balaban J connectivity index is 0.0000000950. The summed E-state index contributed by atoms with van der Waals surface area (Å²) in [4.78, 5) is 0. The summed E-state index contributed by atoms with van der Waals surface area (Å²) in [5.41, 5.74) is 0. The van der Waals surface area contributed by atoms with E-state index in [4.69, 9.17) is 9.47 Å². The van der Waals surface area contributed by atoms with Crippen molar-refractivity contribution in [3.63, 3.8) is 0 Å². The van der Waals surface area contributed by atoms with Gasteiger partial charge in [0.25, 0.3) is 0 Å². The second kappa shape index (κ2) is 3.71. The zero-order valence-electron chi connectivity index (χ0n) is 11.0. The highest BCUT2D eigenvalue weighted by molar-refractivity contribution is 5.09. The maximum Gasteiger partial charge on any atom is 0.0875 e. The summed E-state index contributed by atoms with van der Waals surface area (Å²) in [6.07, 6.45) is 9.79. The average Bonchev–Trinajstić information content (AvgIpc) is 3.18. The molecule has 2 heteroatoms. The van der Waals surface area contributed by atoms with Crippen molar-refractivity contribution < 1.29 is 9.47 Å². The van der Waals surface area contributed by atoms with Crippen LogP contribution < -0.4 is 0 Å². The lowest BCUT2D eigenvalue weighted by Gasteiger charge is -2.11. The summed E-state index contributed by atoms with van der Waals surface area (Å²) in [7, 11) is 0. The minimum atomic E-state index is 0.679. The van der Waals surface area contributed by atoms with Crippen LogP contribution in [0, 0.1) is 23.7 Å². The van der Waals surface area contributed by atoms with Crippen LogP contribution in [-0.4, -0.2) is 24.4 Å². The normalized spacial score (nSPS) is 61.1. The third-order valence-corrected chi connectivity index (χ3v) is 5.69. The van der Waals surface area contributed by atoms with Gasteiger partial charge in [0.1, 0.15) is 0 Å². The van der Waals surface area contributed by atoms with E-state index in [1.165, 1.54) is 32.1 Å². The van der Waals surface area contributed by atoms with E-state index in [2.05, 4.69) is 13.8 Å². The molecule has 3 aliphatic carbocycles. The molecule has 5 fully saturated rings. The Hall–Kier alpha value is -0.0800. The van der Waals surface area contributed by atoms with Crippen LogP contribution in [0.25, 0.3) is 0 Å². The van der Waals surface area contributed by atoms with E-state index >= 15 is 0 Å². The number of rotatable bonds is 0. The number of hydrogen-bond donors (Lipinski definition) is 0. The monoisotopic (exact) mass is 236 g/mol. The summed E-state index contributed by atoms with van der Waals surface area (Å²) in [6, 6.07) is 0. The molecule has 0 aromatic heterocycles. The summed E-state index contributed by atoms with van der Waals surface area (Å²) in [5, 5.41) is 0. The Kier molecular flexibility index (Phi) is 2.36. The van der Waals surface area contributed by atoms with Crippen LogP contribution in [0.3, 0.4) is 0 Å². The molecule has 0 aromatic carbocycles. The fourth-order valence-electron chi connectivity index (χ4n) is 4.52. The fourth-order valence-corrected chi connectivity index (χ4v) is 4.52. The standard InChI is InChI=1S/C8H12O.C7H12O/c1-4-2-5-3-6(4)8-7(5)9-8;1-5-2-3-6-7(4-5)8-6/h4-8H,2-3H2,1H3;5-7H,2-4H2,1H3. The molecule has 8 atom stereocenters. The summed E-state index contributed by atoms with van der Waals surface area (Å²) < 4.78 is 10.9. The van der Waals surface area contributed by atoms with Crippen LogP contribution in [0.4, 0.5) is 0 Å². The van der Waals surface area contributed by atoms with Crippen LogP contribution in [0.2, 0.25) is 0 Å².